The Hall–Kier alpha value is -4.27. The first-order valence-corrected chi connectivity index (χ1v) is 15.4. The Balaban J connectivity index is 1.10. The van der Waals surface area contributed by atoms with E-state index in [9.17, 15) is 4.79 Å². The first-order valence-electron chi connectivity index (χ1n) is 15.4. The van der Waals surface area contributed by atoms with Gasteiger partial charge < -0.3 is 18.8 Å². The maximum Gasteiger partial charge on any atom is 0.338 e. The number of nitrogens with zero attached hydrogens (tertiary/aromatic N) is 4. The van der Waals surface area contributed by atoms with Gasteiger partial charge in [0, 0.05) is 36.8 Å². The number of rotatable bonds is 8. The maximum atomic E-state index is 12.9. The zero-order chi connectivity index (χ0) is 30.3. The van der Waals surface area contributed by atoms with Crippen molar-refractivity contribution in [2.75, 3.05) is 13.2 Å². The molecule has 3 aromatic carbocycles. The number of imidazole rings is 1. The Kier molecular flexibility index (Phi) is 7.56. The minimum Gasteiger partial charge on any atom is -0.489 e. The van der Waals surface area contributed by atoms with Crippen LogP contribution in [0.1, 0.15) is 60.1 Å². The number of carbonyl (C=O) groups is 1. The van der Waals surface area contributed by atoms with Gasteiger partial charge in [0.25, 0.3) is 0 Å². The molecule has 0 radical (unpaired) electrons. The van der Waals surface area contributed by atoms with Gasteiger partial charge in [0.2, 0.25) is 0 Å². The van der Waals surface area contributed by atoms with Crippen LogP contribution in [0.3, 0.4) is 0 Å². The van der Waals surface area contributed by atoms with Gasteiger partial charge in [-0.3, -0.25) is 9.88 Å². The van der Waals surface area contributed by atoms with Crippen LogP contribution in [-0.4, -0.2) is 50.3 Å². The lowest BCUT2D eigenvalue weighted by atomic mass is 9.99. The van der Waals surface area contributed by atoms with Crippen LogP contribution in [0, 0.1) is 0 Å². The fraction of sp³-hybridized carbons (Fsp3) is 0.361. The van der Waals surface area contributed by atoms with E-state index in [-0.39, 0.29) is 12.1 Å². The zero-order valence-electron chi connectivity index (χ0n) is 25.6. The number of para-hydroxylation sites is 1. The second kappa shape index (κ2) is 11.7. The third kappa shape index (κ3) is 6.05. The summed E-state index contributed by atoms with van der Waals surface area (Å²) in [5.41, 5.74) is 6.55. The van der Waals surface area contributed by atoms with Gasteiger partial charge >= 0.3 is 5.97 Å². The van der Waals surface area contributed by atoms with E-state index in [4.69, 9.17) is 19.2 Å². The Labute approximate surface area is 257 Å². The van der Waals surface area contributed by atoms with Gasteiger partial charge in [-0.1, -0.05) is 24.3 Å². The van der Waals surface area contributed by atoms with Crippen molar-refractivity contribution in [3.63, 3.8) is 0 Å². The standard InChI is InChI=1S/C36H38N4O4/c1-36(2,3)44-35(41)25-9-11-32-33(19-25)40(21-29-14-17-42-29)34(38-32)22-39-16-13-24-8-10-28(18-27(24)20-39)43-23-26-12-15-37-31-7-5-4-6-30(26)31/h4-12,15,18-19,29H,13-14,16-17,20-23H2,1-3H3/t29-/m0/s1. The van der Waals surface area contributed by atoms with Crippen LogP contribution in [0.5, 0.6) is 5.75 Å². The van der Waals surface area contributed by atoms with Crippen molar-refractivity contribution < 1.29 is 19.0 Å². The lowest BCUT2D eigenvalue weighted by Gasteiger charge is -2.30. The van der Waals surface area contributed by atoms with Crippen LogP contribution < -0.4 is 4.74 Å². The van der Waals surface area contributed by atoms with Gasteiger partial charge in [0.15, 0.2) is 0 Å². The summed E-state index contributed by atoms with van der Waals surface area (Å²) in [5.74, 6) is 1.53. The Bertz CT molecular complexity index is 1830. The average molecular weight is 591 g/mol. The highest BCUT2D eigenvalue weighted by molar-refractivity contribution is 5.94. The fourth-order valence-corrected chi connectivity index (χ4v) is 6.05. The second-order valence-electron chi connectivity index (χ2n) is 12.8. The van der Waals surface area contributed by atoms with Crippen LogP contribution in [0.4, 0.5) is 0 Å². The molecule has 1 saturated heterocycles. The molecule has 2 aromatic heterocycles. The Morgan fingerprint density at radius 2 is 1.89 bits per heavy atom. The number of ether oxygens (including phenoxy) is 3. The second-order valence-corrected chi connectivity index (χ2v) is 12.8. The number of fused-ring (bicyclic) bond motifs is 3. The number of aromatic nitrogens is 3. The van der Waals surface area contributed by atoms with Gasteiger partial charge in [-0.25, -0.2) is 9.78 Å². The normalized spacial score (nSPS) is 16.9. The lowest BCUT2D eigenvalue weighted by molar-refractivity contribution is -0.0592. The zero-order valence-corrected chi connectivity index (χ0v) is 25.6. The van der Waals surface area contributed by atoms with Crippen LogP contribution in [-0.2, 0) is 42.1 Å². The Morgan fingerprint density at radius 3 is 2.70 bits per heavy atom. The molecule has 1 atom stereocenters. The first-order chi connectivity index (χ1) is 21.3. The van der Waals surface area contributed by atoms with Gasteiger partial charge in [-0.15, -0.1) is 0 Å². The molecule has 0 unspecified atom stereocenters. The van der Waals surface area contributed by atoms with Gasteiger partial charge in [0.05, 0.1) is 41.3 Å². The number of benzene rings is 3. The van der Waals surface area contributed by atoms with E-state index < -0.39 is 5.60 Å². The SMILES string of the molecule is CC(C)(C)OC(=O)c1ccc2nc(CN3CCc4ccc(OCc5ccnc6ccccc56)cc4C3)n(C[C@@H]3CCO3)c2c1. The minimum atomic E-state index is -0.555. The summed E-state index contributed by atoms with van der Waals surface area (Å²) in [4.78, 5) is 24.8. The third-order valence-electron chi connectivity index (χ3n) is 8.41. The molecule has 0 saturated carbocycles. The van der Waals surface area contributed by atoms with Crippen molar-refractivity contribution in [1.29, 1.82) is 0 Å². The largest absolute Gasteiger partial charge is 0.489 e. The van der Waals surface area contributed by atoms with E-state index >= 15 is 0 Å². The van der Waals surface area contributed by atoms with Crippen LogP contribution in [0.2, 0.25) is 0 Å². The number of hydrogen-bond donors (Lipinski definition) is 0. The number of esters is 1. The molecule has 0 amide bonds. The highest BCUT2D eigenvalue weighted by Crippen LogP contribution is 2.28. The highest BCUT2D eigenvalue weighted by atomic mass is 16.6. The highest BCUT2D eigenvalue weighted by Gasteiger charge is 2.25. The van der Waals surface area contributed by atoms with E-state index in [1.807, 2.05) is 69.4 Å². The molecular formula is C36H38N4O4. The Morgan fingerprint density at radius 1 is 1.02 bits per heavy atom. The molecule has 0 aliphatic carbocycles. The molecule has 226 valence electrons. The molecule has 7 rings (SSSR count). The monoisotopic (exact) mass is 590 g/mol. The van der Waals surface area contributed by atoms with E-state index in [1.54, 1.807) is 0 Å². The lowest BCUT2D eigenvalue weighted by Crippen LogP contribution is -2.34. The van der Waals surface area contributed by atoms with E-state index in [0.29, 0.717) is 18.7 Å². The molecule has 8 heteroatoms. The molecular weight excluding hydrogens is 552 g/mol. The summed E-state index contributed by atoms with van der Waals surface area (Å²) >= 11 is 0. The molecule has 8 nitrogen and oxygen atoms in total. The smallest absolute Gasteiger partial charge is 0.338 e. The predicted molar refractivity (Wildman–Crippen MR) is 170 cm³/mol. The quantitative estimate of drug-likeness (QED) is 0.192. The fourth-order valence-electron chi connectivity index (χ4n) is 6.05. The van der Waals surface area contributed by atoms with Gasteiger partial charge in [-0.05, 0) is 87.2 Å². The average Bonchev–Trinajstić information content (AvgIpc) is 3.32. The molecule has 2 aliphatic rings. The van der Waals surface area contributed by atoms with Crippen molar-refractivity contribution >= 4 is 27.9 Å². The molecule has 0 N–H and O–H groups in total. The maximum absolute atomic E-state index is 12.9. The molecule has 1 fully saturated rings. The first kappa shape index (κ1) is 28.5. The molecule has 0 bridgehead atoms. The summed E-state index contributed by atoms with van der Waals surface area (Å²) in [6.07, 6.45) is 4.00. The molecule has 4 heterocycles. The van der Waals surface area contributed by atoms with Crippen molar-refractivity contribution in [2.24, 2.45) is 0 Å². The van der Waals surface area contributed by atoms with Crippen molar-refractivity contribution in [3.8, 4) is 5.75 Å². The third-order valence-corrected chi connectivity index (χ3v) is 8.41. The molecule has 2 aliphatic heterocycles. The van der Waals surface area contributed by atoms with E-state index in [2.05, 4.69) is 38.7 Å². The van der Waals surface area contributed by atoms with Gasteiger partial charge in [-0.2, -0.15) is 0 Å². The van der Waals surface area contributed by atoms with Crippen LogP contribution in [0.15, 0.2) is 72.9 Å². The van der Waals surface area contributed by atoms with Gasteiger partial charge in [0.1, 0.15) is 23.8 Å². The molecule has 44 heavy (non-hydrogen) atoms. The van der Waals surface area contributed by atoms with E-state index in [0.717, 1.165) is 78.2 Å². The number of hydrogen-bond acceptors (Lipinski definition) is 7. The number of pyridine rings is 1. The van der Waals surface area contributed by atoms with Crippen molar-refractivity contribution in [2.45, 2.75) is 71.6 Å². The summed E-state index contributed by atoms with van der Waals surface area (Å²) in [7, 11) is 0. The van der Waals surface area contributed by atoms with Crippen LogP contribution in [0.25, 0.3) is 21.9 Å². The summed E-state index contributed by atoms with van der Waals surface area (Å²) in [6.45, 7) is 10.1. The molecule has 0 spiro atoms. The summed E-state index contributed by atoms with van der Waals surface area (Å²) < 4.78 is 20.0. The molecule has 5 aromatic rings. The number of carbonyl (C=O) groups excluding carboxylic acids is 1. The van der Waals surface area contributed by atoms with Crippen LogP contribution >= 0.6 is 0 Å². The summed E-state index contributed by atoms with van der Waals surface area (Å²) in [6, 6.07) is 22.3. The minimum absolute atomic E-state index is 0.163. The van der Waals surface area contributed by atoms with Crippen molar-refractivity contribution in [1.82, 2.24) is 19.4 Å². The topological polar surface area (TPSA) is 78.7 Å². The predicted octanol–water partition coefficient (Wildman–Crippen LogP) is 6.47. The summed E-state index contributed by atoms with van der Waals surface area (Å²) in [5, 5.41) is 1.12. The van der Waals surface area contributed by atoms with E-state index in [1.165, 1.54) is 11.1 Å². The van der Waals surface area contributed by atoms with Crippen molar-refractivity contribution in [3.05, 3.63) is 101 Å².